The second kappa shape index (κ2) is 9.85. The maximum Gasteiger partial charge on any atom is 0.283 e. The van der Waals surface area contributed by atoms with Crippen molar-refractivity contribution in [1.82, 2.24) is 20.4 Å². The molecule has 0 fully saturated rings. The normalized spacial score (nSPS) is 12.2. The van der Waals surface area contributed by atoms with Gasteiger partial charge in [0.05, 0.1) is 19.4 Å². The van der Waals surface area contributed by atoms with Crippen LogP contribution < -0.4 is 5.32 Å². The van der Waals surface area contributed by atoms with Crippen LogP contribution in [0.4, 0.5) is 0 Å². The van der Waals surface area contributed by atoms with Crippen molar-refractivity contribution in [3.8, 4) is 11.7 Å². The molecule has 0 spiro atoms. The molecule has 0 saturated carbocycles. The molecule has 0 aliphatic rings. The fourth-order valence-electron chi connectivity index (χ4n) is 2.96. The van der Waals surface area contributed by atoms with Gasteiger partial charge in [0.1, 0.15) is 0 Å². The summed E-state index contributed by atoms with van der Waals surface area (Å²) in [6.07, 6.45) is 2.48. The molecule has 1 atom stereocenters. The Labute approximate surface area is 164 Å². The van der Waals surface area contributed by atoms with Gasteiger partial charge in [-0.2, -0.15) is 0 Å². The molecule has 3 rings (SSSR count). The molecule has 3 aromatic rings. The standard InChI is InChI=1S/C21H26N4O3/c1-3-11-25(15-20-23-24-21(28-20)18-10-7-12-27-18)14-19(26)22-13-16(2)17-8-5-4-6-9-17/h4-10,12,16H,3,11,13-15H2,1-2H3,(H,22,26). The molecule has 0 aliphatic heterocycles. The fourth-order valence-corrected chi connectivity index (χ4v) is 2.96. The molecule has 1 N–H and O–H groups in total. The van der Waals surface area contributed by atoms with Crippen molar-refractivity contribution in [2.75, 3.05) is 19.6 Å². The van der Waals surface area contributed by atoms with Gasteiger partial charge in [-0.3, -0.25) is 9.69 Å². The Kier molecular flexibility index (Phi) is 6.97. The lowest BCUT2D eigenvalue weighted by atomic mass is 10.0. The van der Waals surface area contributed by atoms with Gasteiger partial charge >= 0.3 is 0 Å². The SMILES string of the molecule is CCCN(CC(=O)NCC(C)c1ccccc1)Cc1nnc(-c2ccco2)o1. The van der Waals surface area contributed by atoms with Gasteiger partial charge in [0, 0.05) is 6.54 Å². The van der Waals surface area contributed by atoms with Crippen LogP contribution in [0.3, 0.4) is 0 Å². The number of furan rings is 1. The van der Waals surface area contributed by atoms with Crippen LogP contribution in [-0.4, -0.2) is 40.6 Å². The first-order valence-corrected chi connectivity index (χ1v) is 9.56. The number of nitrogens with one attached hydrogen (secondary N) is 1. The van der Waals surface area contributed by atoms with E-state index in [0.29, 0.717) is 30.6 Å². The van der Waals surface area contributed by atoms with Crippen molar-refractivity contribution in [1.29, 1.82) is 0 Å². The molecule has 7 heteroatoms. The molecule has 148 valence electrons. The quantitative estimate of drug-likeness (QED) is 0.578. The van der Waals surface area contributed by atoms with Gasteiger partial charge < -0.3 is 14.2 Å². The van der Waals surface area contributed by atoms with Gasteiger partial charge in [0.2, 0.25) is 11.8 Å². The van der Waals surface area contributed by atoms with Crippen molar-refractivity contribution in [2.45, 2.75) is 32.7 Å². The van der Waals surface area contributed by atoms with E-state index in [-0.39, 0.29) is 18.4 Å². The van der Waals surface area contributed by atoms with E-state index in [1.54, 1.807) is 18.4 Å². The second-order valence-corrected chi connectivity index (χ2v) is 6.80. The van der Waals surface area contributed by atoms with Crippen LogP contribution in [0, 0.1) is 0 Å². The summed E-state index contributed by atoms with van der Waals surface area (Å²) >= 11 is 0. The zero-order valence-electron chi connectivity index (χ0n) is 16.3. The lowest BCUT2D eigenvalue weighted by molar-refractivity contribution is -0.122. The number of hydrogen-bond acceptors (Lipinski definition) is 6. The third-order valence-electron chi connectivity index (χ3n) is 4.44. The smallest absolute Gasteiger partial charge is 0.283 e. The Morgan fingerprint density at radius 1 is 1.18 bits per heavy atom. The number of amides is 1. The maximum absolute atomic E-state index is 12.4. The highest BCUT2D eigenvalue weighted by Gasteiger charge is 2.17. The number of benzene rings is 1. The molecule has 0 bridgehead atoms. The van der Waals surface area contributed by atoms with Gasteiger partial charge in [0.15, 0.2) is 5.76 Å². The number of carbonyl (C=O) groups is 1. The summed E-state index contributed by atoms with van der Waals surface area (Å²) in [5.74, 6) is 1.59. The number of carbonyl (C=O) groups excluding carboxylic acids is 1. The Morgan fingerprint density at radius 3 is 2.71 bits per heavy atom. The average Bonchev–Trinajstić information content (AvgIpc) is 3.39. The van der Waals surface area contributed by atoms with Crippen LogP contribution >= 0.6 is 0 Å². The van der Waals surface area contributed by atoms with Crippen LogP contribution in [0.2, 0.25) is 0 Å². The predicted molar refractivity (Wildman–Crippen MR) is 105 cm³/mol. The van der Waals surface area contributed by atoms with E-state index in [1.807, 2.05) is 23.1 Å². The van der Waals surface area contributed by atoms with E-state index in [0.717, 1.165) is 13.0 Å². The number of nitrogens with zero attached hydrogens (tertiary/aromatic N) is 3. The highest BCUT2D eigenvalue weighted by atomic mass is 16.4. The van der Waals surface area contributed by atoms with Crippen LogP contribution in [0.1, 0.15) is 37.6 Å². The van der Waals surface area contributed by atoms with Crippen LogP contribution in [-0.2, 0) is 11.3 Å². The molecule has 28 heavy (non-hydrogen) atoms. The summed E-state index contributed by atoms with van der Waals surface area (Å²) in [6, 6.07) is 13.7. The molecule has 2 aromatic heterocycles. The Bertz CT molecular complexity index is 846. The first-order valence-electron chi connectivity index (χ1n) is 9.56. The van der Waals surface area contributed by atoms with E-state index >= 15 is 0 Å². The summed E-state index contributed by atoms with van der Waals surface area (Å²) in [7, 11) is 0. The number of aromatic nitrogens is 2. The molecule has 0 saturated heterocycles. The maximum atomic E-state index is 12.4. The van der Waals surface area contributed by atoms with Crippen molar-refractivity contribution >= 4 is 5.91 Å². The lowest BCUT2D eigenvalue weighted by Crippen LogP contribution is -2.38. The minimum absolute atomic E-state index is 0.0120. The third-order valence-corrected chi connectivity index (χ3v) is 4.44. The van der Waals surface area contributed by atoms with Gasteiger partial charge in [-0.15, -0.1) is 10.2 Å². The number of rotatable bonds is 10. The van der Waals surface area contributed by atoms with E-state index < -0.39 is 0 Å². The first kappa shape index (κ1) is 19.8. The molecule has 0 aliphatic carbocycles. The van der Waals surface area contributed by atoms with Crippen LogP contribution in [0.15, 0.2) is 57.6 Å². The van der Waals surface area contributed by atoms with Gasteiger partial charge in [-0.1, -0.05) is 44.2 Å². The van der Waals surface area contributed by atoms with E-state index in [2.05, 4.69) is 41.5 Å². The topological polar surface area (TPSA) is 84.4 Å². The lowest BCUT2D eigenvalue weighted by Gasteiger charge is -2.20. The van der Waals surface area contributed by atoms with Gasteiger partial charge in [0.25, 0.3) is 5.89 Å². The largest absolute Gasteiger partial charge is 0.459 e. The van der Waals surface area contributed by atoms with Gasteiger partial charge in [-0.25, -0.2) is 0 Å². The molecule has 1 unspecified atom stereocenters. The summed E-state index contributed by atoms with van der Waals surface area (Å²) < 4.78 is 10.9. The zero-order chi connectivity index (χ0) is 19.8. The minimum Gasteiger partial charge on any atom is -0.459 e. The summed E-state index contributed by atoms with van der Waals surface area (Å²) in [6.45, 7) is 6.25. The van der Waals surface area contributed by atoms with Crippen molar-refractivity contribution in [3.63, 3.8) is 0 Å². The first-order chi connectivity index (χ1) is 13.7. The van der Waals surface area contributed by atoms with E-state index in [4.69, 9.17) is 8.83 Å². The molecule has 0 radical (unpaired) electrons. The van der Waals surface area contributed by atoms with Crippen LogP contribution in [0.5, 0.6) is 0 Å². The number of hydrogen-bond donors (Lipinski definition) is 1. The summed E-state index contributed by atoms with van der Waals surface area (Å²) in [5, 5.41) is 11.1. The second-order valence-electron chi connectivity index (χ2n) is 6.80. The summed E-state index contributed by atoms with van der Waals surface area (Å²) in [5.41, 5.74) is 1.21. The van der Waals surface area contributed by atoms with Crippen molar-refractivity contribution in [2.24, 2.45) is 0 Å². The molecule has 2 heterocycles. The molecular formula is C21H26N4O3. The van der Waals surface area contributed by atoms with Crippen molar-refractivity contribution in [3.05, 3.63) is 60.2 Å². The Hall–Kier alpha value is -2.93. The molecule has 1 aromatic carbocycles. The minimum atomic E-state index is -0.0120. The van der Waals surface area contributed by atoms with Crippen LogP contribution in [0.25, 0.3) is 11.7 Å². The average molecular weight is 382 g/mol. The van der Waals surface area contributed by atoms with Crippen molar-refractivity contribution < 1.29 is 13.6 Å². The van der Waals surface area contributed by atoms with Gasteiger partial charge in [-0.05, 0) is 36.6 Å². The molecule has 7 nitrogen and oxygen atoms in total. The monoisotopic (exact) mass is 382 g/mol. The fraction of sp³-hybridized carbons (Fsp3) is 0.381. The van der Waals surface area contributed by atoms with E-state index in [1.165, 1.54) is 5.56 Å². The summed E-state index contributed by atoms with van der Waals surface area (Å²) in [4.78, 5) is 14.4. The zero-order valence-corrected chi connectivity index (χ0v) is 16.3. The highest BCUT2D eigenvalue weighted by molar-refractivity contribution is 5.78. The Balaban J connectivity index is 1.51. The third kappa shape index (κ3) is 5.53. The van der Waals surface area contributed by atoms with E-state index in [9.17, 15) is 4.79 Å². The Morgan fingerprint density at radius 2 is 2.00 bits per heavy atom. The molecule has 1 amide bonds. The molecular weight excluding hydrogens is 356 g/mol. The predicted octanol–water partition coefficient (Wildman–Crippen LogP) is 3.46. The highest BCUT2D eigenvalue weighted by Crippen LogP contribution is 2.18.